The summed E-state index contributed by atoms with van der Waals surface area (Å²) in [5.41, 5.74) is 1.25. The molecule has 4 atom stereocenters. The van der Waals surface area contributed by atoms with Crippen molar-refractivity contribution in [2.45, 2.75) is 56.3 Å². The summed E-state index contributed by atoms with van der Waals surface area (Å²) in [6.45, 7) is 0. The average Bonchev–Trinajstić information content (AvgIpc) is 3.50. The zero-order chi connectivity index (χ0) is 21.4. The molecule has 8 nitrogen and oxygen atoms in total. The molecule has 2 fully saturated rings. The van der Waals surface area contributed by atoms with Crippen molar-refractivity contribution in [2.24, 2.45) is 0 Å². The normalized spacial score (nSPS) is 26.2. The monoisotopic (exact) mass is 423 g/mol. The number of hydrogen-bond donors (Lipinski definition) is 3. The fourth-order valence-corrected chi connectivity index (χ4v) is 4.13. The highest BCUT2D eigenvalue weighted by Gasteiger charge is 2.43. The first-order chi connectivity index (χ1) is 15.1. The highest BCUT2D eigenvalue weighted by molar-refractivity contribution is 5.82. The SMILES string of the molecule is OC1C(C#Cc2ccccc2F)OC(n2cnc3c(NC4CCCC4)ncnc32)C1O. The lowest BCUT2D eigenvalue weighted by Gasteiger charge is -2.16. The number of imidazole rings is 1. The van der Waals surface area contributed by atoms with Gasteiger partial charge in [-0.05, 0) is 25.0 Å². The number of ether oxygens (including phenoxy) is 1. The molecule has 1 aromatic carbocycles. The van der Waals surface area contributed by atoms with Crippen molar-refractivity contribution in [3.63, 3.8) is 0 Å². The van der Waals surface area contributed by atoms with E-state index in [1.807, 2.05) is 0 Å². The highest BCUT2D eigenvalue weighted by atomic mass is 19.1. The van der Waals surface area contributed by atoms with Crippen LogP contribution in [0.25, 0.3) is 11.2 Å². The Bertz CT molecular complexity index is 1150. The van der Waals surface area contributed by atoms with E-state index in [1.165, 1.54) is 37.6 Å². The first-order valence-corrected chi connectivity index (χ1v) is 10.3. The molecule has 1 saturated heterocycles. The minimum Gasteiger partial charge on any atom is -0.386 e. The zero-order valence-corrected chi connectivity index (χ0v) is 16.6. The predicted molar refractivity (Wildman–Crippen MR) is 110 cm³/mol. The molecule has 3 aromatic rings. The van der Waals surface area contributed by atoms with Crippen LogP contribution < -0.4 is 5.32 Å². The Morgan fingerprint density at radius 1 is 1.10 bits per heavy atom. The number of nitrogens with one attached hydrogen (secondary N) is 1. The molecule has 5 rings (SSSR count). The Labute approximate surface area is 178 Å². The highest BCUT2D eigenvalue weighted by Crippen LogP contribution is 2.32. The van der Waals surface area contributed by atoms with E-state index in [0.29, 0.717) is 23.0 Å². The smallest absolute Gasteiger partial charge is 0.167 e. The maximum atomic E-state index is 13.8. The lowest BCUT2D eigenvalue weighted by Crippen LogP contribution is -2.31. The van der Waals surface area contributed by atoms with Gasteiger partial charge < -0.3 is 20.3 Å². The summed E-state index contributed by atoms with van der Waals surface area (Å²) < 4.78 is 21.2. The van der Waals surface area contributed by atoms with Crippen molar-refractivity contribution < 1.29 is 19.3 Å². The Balaban J connectivity index is 1.41. The number of aromatic nitrogens is 4. The molecule has 1 aliphatic heterocycles. The number of benzene rings is 1. The van der Waals surface area contributed by atoms with E-state index in [0.717, 1.165) is 12.8 Å². The molecule has 0 radical (unpaired) electrons. The summed E-state index contributed by atoms with van der Waals surface area (Å²) in [6.07, 6.45) is 3.06. The zero-order valence-electron chi connectivity index (χ0n) is 16.6. The second-order valence-electron chi connectivity index (χ2n) is 7.85. The minimum absolute atomic E-state index is 0.194. The predicted octanol–water partition coefficient (Wildman–Crippen LogP) is 1.99. The standard InChI is InChI=1S/C22H22FN5O3/c23-15-8-4-1-5-13(15)9-10-16-18(29)19(30)22(31-16)28-12-26-17-20(24-11-25-21(17)28)27-14-6-2-3-7-14/h1,4-5,8,11-12,14,16,18-19,22,29-30H,2-3,6-7H2,(H,24,25,27). The fraction of sp³-hybridized carbons (Fsp3) is 0.409. The van der Waals surface area contributed by atoms with E-state index in [-0.39, 0.29) is 5.56 Å². The van der Waals surface area contributed by atoms with E-state index in [9.17, 15) is 14.6 Å². The molecule has 4 unspecified atom stereocenters. The van der Waals surface area contributed by atoms with Gasteiger partial charge in [0.05, 0.1) is 11.9 Å². The van der Waals surface area contributed by atoms with Crippen molar-refractivity contribution >= 4 is 17.0 Å². The Kier molecular flexibility index (Phi) is 5.28. The molecule has 31 heavy (non-hydrogen) atoms. The quantitative estimate of drug-likeness (QED) is 0.554. The van der Waals surface area contributed by atoms with Gasteiger partial charge in [0, 0.05) is 6.04 Å². The van der Waals surface area contributed by atoms with Gasteiger partial charge >= 0.3 is 0 Å². The minimum atomic E-state index is -1.26. The third-order valence-electron chi connectivity index (χ3n) is 5.79. The largest absolute Gasteiger partial charge is 0.386 e. The van der Waals surface area contributed by atoms with Crippen LogP contribution in [0.4, 0.5) is 10.2 Å². The third-order valence-corrected chi connectivity index (χ3v) is 5.79. The van der Waals surface area contributed by atoms with E-state index in [2.05, 4.69) is 32.1 Å². The molecule has 2 aliphatic rings. The summed E-state index contributed by atoms with van der Waals surface area (Å²) in [7, 11) is 0. The maximum Gasteiger partial charge on any atom is 0.167 e. The number of halogens is 1. The van der Waals surface area contributed by atoms with Crippen LogP contribution in [0, 0.1) is 17.7 Å². The van der Waals surface area contributed by atoms with Gasteiger partial charge in [0.25, 0.3) is 0 Å². The number of aliphatic hydroxyl groups excluding tert-OH is 2. The van der Waals surface area contributed by atoms with Crippen LogP contribution in [-0.2, 0) is 4.74 Å². The molecule has 2 aromatic heterocycles. The second-order valence-corrected chi connectivity index (χ2v) is 7.85. The third kappa shape index (κ3) is 3.74. The number of aliphatic hydroxyl groups is 2. The van der Waals surface area contributed by atoms with E-state index in [1.54, 1.807) is 16.7 Å². The van der Waals surface area contributed by atoms with Gasteiger partial charge in [0.1, 0.15) is 30.5 Å². The molecule has 9 heteroatoms. The van der Waals surface area contributed by atoms with E-state index < -0.39 is 30.4 Å². The lowest BCUT2D eigenvalue weighted by molar-refractivity contribution is -0.0230. The summed E-state index contributed by atoms with van der Waals surface area (Å²) in [6, 6.07) is 6.45. The Hall–Kier alpha value is -3.06. The summed E-state index contributed by atoms with van der Waals surface area (Å²) >= 11 is 0. The van der Waals surface area contributed by atoms with Crippen molar-refractivity contribution in [1.82, 2.24) is 19.5 Å². The van der Waals surface area contributed by atoms with Crippen molar-refractivity contribution in [3.05, 3.63) is 48.3 Å². The van der Waals surface area contributed by atoms with Gasteiger partial charge in [-0.15, -0.1) is 0 Å². The van der Waals surface area contributed by atoms with Crippen LogP contribution in [0.1, 0.15) is 37.5 Å². The number of fused-ring (bicyclic) bond motifs is 1. The molecule has 3 heterocycles. The molecule has 160 valence electrons. The number of nitrogens with zero attached hydrogens (tertiary/aromatic N) is 4. The topological polar surface area (TPSA) is 105 Å². The van der Waals surface area contributed by atoms with E-state index in [4.69, 9.17) is 4.74 Å². The molecule has 0 amide bonds. The van der Waals surface area contributed by atoms with Crippen molar-refractivity contribution in [2.75, 3.05) is 5.32 Å². The summed E-state index contributed by atoms with van der Waals surface area (Å²) in [4.78, 5) is 13.0. The summed E-state index contributed by atoms with van der Waals surface area (Å²) in [5, 5.41) is 24.4. The van der Waals surface area contributed by atoms with Gasteiger partial charge in [0.2, 0.25) is 0 Å². The van der Waals surface area contributed by atoms with Gasteiger partial charge in [0.15, 0.2) is 23.2 Å². The molecule has 3 N–H and O–H groups in total. The first kappa shape index (κ1) is 19.9. The van der Waals surface area contributed by atoms with Crippen molar-refractivity contribution in [3.8, 4) is 11.8 Å². The van der Waals surface area contributed by atoms with Gasteiger partial charge in [-0.2, -0.15) is 0 Å². The molecule has 0 bridgehead atoms. The average molecular weight is 423 g/mol. The molecular formula is C22H22FN5O3. The van der Waals surface area contributed by atoms with Gasteiger partial charge in [-0.3, -0.25) is 4.57 Å². The van der Waals surface area contributed by atoms with Crippen molar-refractivity contribution in [1.29, 1.82) is 0 Å². The number of rotatable bonds is 3. The molecule has 1 aliphatic carbocycles. The Morgan fingerprint density at radius 3 is 2.71 bits per heavy atom. The molecule has 1 saturated carbocycles. The van der Waals surface area contributed by atoms with Gasteiger partial charge in [-0.25, -0.2) is 19.3 Å². The van der Waals surface area contributed by atoms with E-state index >= 15 is 0 Å². The van der Waals surface area contributed by atoms with Crippen LogP contribution >= 0.6 is 0 Å². The second kappa shape index (κ2) is 8.23. The van der Waals surface area contributed by atoms with Crippen LogP contribution in [0.3, 0.4) is 0 Å². The number of anilines is 1. The lowest BCUT2D eigenvalue weighted by atomic mass is 10.1. The molecular weight excluding hydrogens is 401 g/mol. The molecule has 0 spiro atoms. The Morgan fingerprint density at radius 2 is 1.90 bits per heavy atom. The van der Waals surface area contributed by atoms with Crippen LogP contribution in [0.2, 0.25) is 0 Å². The summed E-state index contributed by atoms with van der Waals surface area (Å²) in [5.74, 6) is 5.57. The van der Waals surface area contributed by atoms with Crippen LogP contribution in [0.15, 0.2) is 36.9 Å². The van der Waals surface area contributed by atoms with Crippen LogP contribution in [-0.4, -0.2) is 54.1 Å². The van der Waals surface area contributed by atoms with Crippen LogP contribution in [0.5, 0.6) is 0 Å². The van der Waals surface area contributed by atoms with Gasteiger partial charge in [-0.1, -0.05) is 36.8 Å². The first-order valence-electron chi connectivity index (χ1n) is 10.3. The maximum absolute atomic E-state index is 13.8. The fourth-order valence-electron chi connectivity index (χ4n) is 4.13. The number of hydrogen-bond acceptors (Lipinski definition) is 7.